The van der Waals surface area contributed by atoms with Crippen LogP contribution in [-0.4, -0.2) is 56.5 Å². The summed E-state index contributed by atoms with van der Waals surface area (Å²) >= 11 is 0. The minimum Gasteiger partial charge on any atom is -0.445 e. The number of hydrogen-bond donors (Lipinski definition) is 1. The highest BCUT2D eigenvalue weighted by Crippen LogP contribution is 2.12. The van der Waals surface area contributed by atoms with Gasteiger partial charge in [0.15, 0.2) is 0 Å². The summed E-state index contributed by atoms with van der Waals surface area (Å²) in [6.45, 7) is 1.35. The van der Waals surface area contributed by atoms with Gasteiger partial charge in [-0.2, -0.15) is 0 Å². The molecular formula is C19H28N2O5S. The number of hydrogen-bond acceptors (Lipinski definition) is 5. The molecule has 0 unspecified atom stereocenters. The maximum absolute atomic E-state index is 12.8. The average molecular weight is 397 g/mol. The molecule has 1 saturated heterocycles. The molecule has 1 aliphatic rings. The van der Waals surface area contributed by atoms with Crippen LogP contribution in [0.15, 0.2) is 30.3 Å². The fraction of sp³-hybridized carbons (Fsp3) is 0.579. The van der Waals surface area contributed by atoms with Gasteiger partial charge in [-0.05, 0) is 24.8 Å². The molecule has 8 heteroatoms. The maximum Gasteiger partial charge on any atom is 0.408 e. The Morgan fingerprint density at radius 3 is 2.33 bits per heavy atom. The molecule has 27 heavy (non-hydrogen) atoms. The topological polar surface area (TPSA) is 92.8 Å². The molecular weight excluding hydrogens is 368 g/mol. The lowest BCUT2D eigenvalue weighted by molar-refractivity contribution is -0.133. The summed E-state index contributed by atoms with van der Waals surface area (Å²) in [5.41, 5.74) is 0.833. The first-order valence-electron chi connectivity index (χ1n) is 9.29. The summed E-state index contributed by atoms with van der Waals surface area (Å²) in [4.78, 5) is 26.7. The van der Waals surface area contributed by atoms with Gasteiger partial charge in [0.25, 0.3) is 0 Å². The first-order valence-corrected chi connectivity index (χ1v) is 11.3. The van der Waals surface area contributed by atoms with Crippen LogP contribution in [0.25, 0.3) is 0 Å². The number of ether oxygens (including phenoxy) is 1. The van der Waals surface area contributed by atoms with E-state index in [1.54, 1.807) is 4.90 Å². The highest BCUT2D eigenvalue weighted by molar-refractivity contribution is 7.90. The van der Waals surface area contributed by atoms with Crippen molar-refractivity contribution in [3.63, 3.8) is 0 Å². The van der Waals surface area contributed by atoms with Gasteiger partial charge in [0.2, 0.25) is 5.91 Å². The summed E-state index contributed by atoms with van der Waals surface area (Å²) in [7, 11) is -3.24. The summed E-state index contributed by atoms with van der Waals surface area (Å²) in [5.74, 6) is -0.409. The molecule has 1 aromatic carbocycles. The zero-order valence-corrected chi connectivity index (χ0v) is 16.5. The van der Waals surface area contributed by atoms with Crippen molar-refractivity contribution in [1.29, 1.82) is 0 Å². The van der Waals surface area contributed by atoms with Crippen molar-refractivity contribution >= 4 is 21.8 Å². The standard InChI is InChI=1S/C19H28N2O5S/c1-27(24,25)14-11-17(18(22)21-12-7-2-3-8-13-21)20-19(23)26-15-16-9-5-4-6-10-16/h4-6,9-10,17H,2-3,7-8,11-15H2,1H3,(H,20,23)/t17-/m1/s1. The molecule has 0 aromatic heterocycles. The Kier molecular flexibility index (Phi) is 8.09. The van der Waals surface area contributed by atoms with Crippen molar-refractivity contribution in [1.82, 2.24) is 10.2 Å². The van der Waals surface area contributed by atoms with Crippen molar-refractivity contribution in [2.75, 3.05) is 25.1 Å². The number of nitrogens with one attached hydrogen (secondary N) is 1. The van der Waals surface area contributed by atoms with Gasteiger partial charge in [0.1, 0.15) is 22.5 Å². The Hall–Kier alpha value is -2.09. The van der Waals surface area contributed by atoms with E-state index in [0.717, 1.165) is 37.5 Å². The smallest absolute Gasteiger partial charge is 0.408 e. The lowest BCUT2D eigenvalue weighted by atomic mass is 10.2. The molecule has 150 valence electrons. The van der Waals surface area contributed by atoms with Crippen LogP contribution in [0, 0.1) is 0 Å². The van der Waals surface area contributed by atoms with E-state index in [4.69, 9.17) is 4.74 Å². The molecule has 0 spiro atoms. The molecule has 7 nitrogen and oxygen atoms in total. The van der Waals surface area contributed by atoms with E-state index in [9.17, 15) is 18.0 Å². The number of carbonyl (C=O) groups is 2. The predicted molar refractivity (Wildman–Crippen MR) is 103 cm³/mol. The predicted octanol–water partition coefficient (Wildman–Crippen LogP) is 2.12. The molecule has 1 atom stereocenters. The van der Waals surface area contributed by atoms with Crippen LogP contribution >= 0.6 is 0 Å². The van der Waals surface area contributed by atoms with Gasteiger partial charge in [-0.1, -0.05) is 43.2 Å². The Balaban J connectivity index is 1.97. The third-order valence-corrected chi connectivity index (χ3v) is 5.48. The third kappa shape index (κ3) is 7.99. The molecule has 1 aromatic rings. The van der Waals surface area contributed by atoms with Gasteiger partial charge < -0.3 is 15.0 Å². The van der Waals surface area contributed by atoms with E-state index in [1.807, 2.05) is 30.3 Å². The van der Waals surface area contributed by atoms with Crippen molar-refractivity contribution < 1.29 is 22.7 Å². The van der Waals surface area contributed by atoms with E-state index in [0.29, 0.717) is 13.1 Å². The molecule has 1 fully saturated rings. The Morgan fingerprint density at radius 2 is 1.74 bits per heavy atom. The number of carbonyl (C=O) groups excluding carboxylic acids is 2. The number of benzene rings is 1. The Morgan fingerprint density at radius 1 is 1.11 bits per heavy atom. The summed E-state index contributed by atoms with van der Waals surface area (Å²) < 4.78 is 28.2. The Labute approximate surface area is 161 Å². The molecule has 0 bridgehead atoms. The fourth-order valence-corrected chi connectivity index (χ4v) is 3.67. The van der Waals surface area contributed by atoms with Crippen LogP contribution in [0.5, 0.6) is 0 Å². The first kappa shape index (κ1) is 21.2. The van der Waals surface area contributed by atoms with E-state index in [1.165, 1.54) is 0 Å². The number of nitrogens with zero attached hydrogens (tertiary/aromatic N) is 1. The highest BCUT2D eigenvalue weighted by atomic mass is 32.2. The maximum atomic E-state index is 12.8. The second-order valence-electron chi connectivity index (χ2n) is 6.92. The minimum atomic E-state index is -3.24. The molecule has 2 rings (SSSR count). The molecule has 2 amide bonds. The van der Waals surface area contributed by atoms with Gasteiger partial charge >= 0.3 is 6.09 Å². The van der Waals surface area contributed by atoms with Crippen LogP contribution in [-0.2, 0) is 26.0 Å². The van der Waals surface area contributed by atoms with Gasteiger partial charge in [-0.3, -0.25) is 4.79 Å². The number of sulfone groups is 1. The number of alkyl carbamates (subject to hydrolysis) is 1. The van der Waals surface area contributed by atoms with E-state index >= 15 is 0 Å². The number of likely N-dealkylation sites (tertiary alicyclic amines) is 1. The summed E-state index contributed by atoms with van der Waals surface area (Å²) in [6.07, 6.45) is 4.42. The Bertz CT molecular complexity index is 713. The van der Waals surface area contributed by atoms with E-state index < -0.39 is 22.0 Å². The third-order valence-electron chi connectivity index (χ3n) is 4.50. The summed E-state index contributed by atoms with van der Waals surface area (Å²) in [5, 5.41) is 2.56. The number of rotatable bonds is 7. The van der Waals surface area contributed by atoms with E-state index in [-0.39, 0.29) is 24.7 Å². The fourth-order valence-electron chi connectivity index (χ4n) is 3.01. The monoisotopic (exact) mass is 396 g/mol. The molecule has 1 N–H and O–H groups in total. The lowest BCUT2D eigenvalue weighted by Crippen LogP contribution is -2.49. The molecule has 0 radical (unpaired) electrons. The van der Waals surface area contributed by atoms with Gasteiger partial charge in [-0.25, -0.2) is 13.2 Å². The van der Waals surface area contributed by atoms with Crippen molar-refractivity contribution in [2.24, 2.45) is 0 Å². The first-order chi connectivity index (χ1) is 12.8. The minimum absolute atomic E-state index is 0.0363. The van der Waals surface area contributed by atoms with Crippen LogP contribution < -0.4 is 5.32 Å². The SMILES string of the molecule is CS(=O)(=O)CC[C@@H](NC(=O)OCc1ccccc1)C(=O)N1CCCCCC1. The molecule has 0 saturated carbocycles. The van der Waals surface area contributed by atoms with Crippen LogP contribution in [0.2, 0.25) is 0 Å². The largest absolute Gasteiger partial charge is 0.445 e. The second kappa shape index (κ2) is 10.3. The van der Waals surface area contributed by atoms with Crippen LogP contribution in [0.1, 0.15) is 37.7 Å². The highest BCUT2D eigenvalue weighted by Gasteiger charge is 2.27. The lowest BCUT2D eigenvalue weighted by Gasteiger charge is -2.26. The zero-order valence-electron chi connectivity index (χ0n) is 15.7. The molecule has 1 aliphatic heterocycles. The second-order valence-corrected chi connectivity index (χ2v) is 9.18. The van der Waals surface area contributed by atoms with Crippen LogP contribution in [0.3, 0.4) is 0 Å². The van der Waals surface area contributed by atoms with E-state index in [2.05, 4.69) is 5.32 Å². The number of amides is 2. The van der Waals surface area contributed by atoms with Gasteiger partial charge in [0, 0.05) is 19.3 Å². The molecule has 1 heterocycles. The zero-order chi connectivity index (χ0) is 19.7. The van der Waals surface area contributed by atoms with Crippen molar-refractivity contribution in [3.05, 3.63) is 35.9 Å². The van der Waals surface area contributed by atoms with Crippen LogP contribution in [0.4, 0.5) is 4.79 Å². The quantitative estimate of drug-likeness (QED) is 0.762. The average Bonchev–Trinajstić information content (AvgIpc) is 2.92. The van der Waals surface area contributed by atoms with Gasteiger partial charge in [-0.15, -0.1) is 0 Å². The summed E-state index contributed by atoms with van der Waals surface area (Å²) in [6, 6.07) is 8.31. The molecule has 0 aliphatic carbocycles. The van der Waals surface area contributed by atoms with Crippen molar-refractivity contribution in [3.8, 4) is 0 Å². The normalized spacial score (nSPS) is 16.3. The van der Waals surface area contributed by atoms with Crippen molar-refractivity contribution in [2.45, 2.75) is 44.8 Å². The van der Waals surface area contributed by atoms with Gasteiger partial charge in [0.05, 0.1) is 5.75 Å².